The fraction of sp³-hybridized carbons (Fsp3) is 0.318. The highest BCUT2D eigenvalue weighted by molar-refractivity contribution is 5.86. The summed E-state index contributed by atoms with van der Waals surface area (Å²) in [5.74, 6) is 1.21. The summed E-state index contributed by atoms with van der Waals surface area (Å²) in [5, 5.41) is 4.18. The zero-order valence-corrected chi connectivity index (χ0v) is 15.6. The van der Waals surface area contributed by atoms with E-state index in [0.717, 1.165) is 27.8 Å². The van der Waals surface area contributed by atoms with E-state index >= 15 is 0 Å². The summed E-state index contributed by atoms with van der Waals surface area (Å²) in [6, 6.07) is 16.1. The van der Waals surface area contributed by atoms with Crippen molar-refractivity contribution in [1.82, 2.24) is 10.3 Å². The van der Waals surface area contributed by atoms with Gasteiger partial charge in [0.15, 0.2) is 0 Å². The van der Waals surface area contributed by atoms with Crippen molar-refractivity contribution in [3.05, 3.63) is 65.9 Å². The molecule has 0 unspecified atom stereocenters. The molecular formula is C22H26N2O2. The van der Waals surface area contributed by atoms with Gasteiger partial charge in [-0.25, -0.2) is 0 Å². The lowest BCUT2D eigenvalue weighted by molar-refractivity contribution is -0.121. The molecule has 1 aromatic heterocycles. The van der Waals surface area contributed by atoms with Crippen LogP contribution in [0.25, 0.3) is 10.9 Å². The van der Waals surface area contributed by atoms with E-state index in [4.69, 9.17) is 4.74 Å². The summed E-state index contributed by atoms with van der Waals surface area (Å²) in [7, 11) is 1.67. The van der Waals surface area contributed by atoms with Crippen LogP contribution in [-0.4, -0.2) is 24.5 Å². The lowest BCUT2D eigenvalue weighted by atomic mass is 9.87. The number of carbonyl (C=O) groups is 1. The number of H-pyrrole nitrogens is 1. The average molecular weight is 350 g/mol. The summed E-state index contributed by atoms with van der Waals surface area (Å²) in [6.07, 6.45) is 2.40. The summed E-state index contributed by atoms with van der Waals surface area (Å²) < 4.78 is 5.57. The van der Waals surface area contributed by atoms with Crippen molar-refractivity contribution < 1.29 is 9.53 Å². The maximum atomic E-state index is 12.6. The van der Waals surface area contributed by atoms with Gasteiger partial charge in [0.25, 0.3) is 0 Å². The minimum Gasteiger partial charge on any atom is -0.496 e. The van der Waals surface area contributed by atoms with Crippen LogP contribution >= 0.6 is 0 Å². The molecule has 0 saturated carbocycles. The van der Waals surface area contributed by atoms with Crippen LogP contribution in [0, 0.1) is 5.92 Å². The van der Waals surface area contributed by atoms with E-state index in [1.807, 2.05) is 42.6 Å². The minimum atomic E-state index is -0.0746. The molecule has 136 valence electrons. The van der Waals surface area contributed by atoms with E-state index in [1.54, 1.807) is 7.11 Å². The second-order valence-electron chi connectivity index (χ2n) is 6.99. The third-order valence-corrected chi connectivity index (χ3v) is 4.61. The van der Waals surface area contributed by atoms with Gasteiger partial charge in [-0.3, -0.25) is 4.79 Å². The third-order valence-electron chi connectivity index (χ3n) is 4.61. The van der Waals surface area contributed by atoms with Gasteiger partial charge in [-0.1, -0.05) is 50.2 Å². The Bertz CT molecular complexity index is 882. The number of hydrogen-bond acceptors (Lipinski definition) is 2. The Hall–Kier alpha value is -2.75. The lowest BCUT2D eigenvalue weighted by Gasteiger charge is -2.20. The Balaban J connectivity index is 2.00. The number of nitrogens with one attached hydrogen (secondary N) is 2. The van der Waals surface area contributed by atoms with Crippen molar-refractivity contribution in [1.29, 1.82) is 0 Å². The van der Waals surface area contributed by atoms with Gasteiger partial charge in [-0.15, -0.1) is 0 Å². The molecule has 2 N–H and O–H groups in total. The summed E-state index contributed by atoms with van der Waals surface area (Å²) in [5.41, 5.74) is 3.22. The Kier molecular flexibility index (Phi) is 5.61. The largest absolute Gasteiger partial charge is 0.496 e. The van der Waals surface area contributed by atoms with Crippen molar-refractivity contribution in [3.63, 3.8) is 0 Å². The number of aromatic amines is 1. The van der Waals surface area contributed by atoms with Crippen LogP contribution in [0.3, 0.4) is 0 Å². The highest BCUT2D eigenvalue weighted by atomic mass is 16.5. The van der Waals surface area contributed by atoms with Crippen molar-refractivity contribution >= 4 is 16.8 Å². The molecule has 0 spiro atoms. The summed E-state index contributed by atoms with van der Waals surface area (Å²) in [4.78, 5) is 15.9. The van der Waals surface area contributed by atoms with Crippen LogP contribution in [0.1, 0.15) is 37.3 Å². The molecule has 0 aliphatic heterocycles. The predicted molar refractivity (Wildman–Crippen MR) is 106 cm³/mol. The van der Waals surface area contributed by atoms with Crippen LogP contribution in [0.2, 0.25) is 0 Å². The number of aromatic nitrogens is 1. The van der Waals surface area contributed by atoms with E-state index in [9.17, 15) is 4.79 Å². The van der Waals surface area contributed by atoms with Crippen LogP contribution in [0.5, 0.6) is 5.75 Å². The van der Waals surface area contributed by atoms with Gasteiger partial charge >= 0.3 is 0 Å². The second kappa shape index (κ2) is 8.09. The fourth-order valence-corrected chi connectivity index (χ4v) is 3.30. The van der Waals surface area contributed by atoms with Crippen LogP contribution in [0.4, 0.5) is 0 Å². The Morgan fingerprint density at radius 1 is 1.08 bits per heavy atom. The van der Waals surface area contributed by atoms with E-state index in [2.05, 4.69) is 36.3 Å². The molecule has 4 heteroatoms. The second-order valence-corrected chi connectivity index (χ2v) is 6.99. The first-order valence-corrected chi connectivity index (χ1v) is 9.05. The smallest absolute Gasteiger partial charge is 0.220 e. The number of fused-ring (bicyclic) bond motifs is 1. The Labute approximate surface area is 154 Å². The van der Waals surface area contributed by atoms with Crippen LogP contribution in [0.15, 0.2) is 54.7 Å². The third kappa shape index (κ3) is 3.90. The molecule has 0 aliphatic carbocycles. The van der Waals surface area contributed by atoms with Crippen LogP contribution < -0.4 is 10.1 Å². The maximum Gasteiger partial charge on any atom is 0.220 e. The molecule has 4 nitrogen and oxygen atoms in total. The molecular weight excluding hydrogens is 324 g/mol. The van der Waals surface area contributed by atoms with Gasteiger partial charge in [0, 0.05) is 41.5 Å². The van der Waals surface area contributed by atoms with Crippen molar-refractivity contribution in [2.24, 2.45) is 5.92 Å². The first-order valence-electron chi connectivity index (χ1n) is 9.05. The molecule has 26 heavy (non-hydrogen) atoms. The topological polar surface area (TPSA) is 54.1 Å². The number of benzene rings is 2. The van der Waals surface area contributed by atoms with E-state index < -0.39 is 0 Å². The number of methoxy groups -OCH3 is 1. The first kappa shape index (κ1) is 18.1. The monoisotopic (exact) mass is 350 g/mol. The van der Waals surface area contributed by atoms with Crippen molar-refractivity contribution in [2.75, 3.05) is 13.7 Å². The van der Waals surface area contributed by atoms with Gasteiger partial charge in [-0.2, -0.15) is 0 Å². The molecule has 2 aromatic carbocycles. The Morgan fingerprint density at radius 3 is 2.58 bits per heavy atom. The van der Waals surface area contributed by atoms with E-state index in [1.165, 1.54) is 0 Å². The molecule has 0 aliphatic rings. The quantitative estimate of drug-likeness (QED) is 0.660. The lowest BCUT2D eigenvalue weighted by Crippen LogP contribution is -2.28. The molecule has 0 saturated heterocycles. The molecule has 1 amide bonds. The van der Waals surface area contributed by atoms with Gasteiger partial charge in [0.1, 0.15) is 5.75 Å². The van der Waals surface area contributed by atoms with Crippen LogP contribution in [-0.2, 0) is 4.79 Å². The van der Waals surface area contributed by atoms with Crippen molar-refractivity contribution in [3.8, 4) is 5.75 Å². The van der Waals surface area contributed by atoms with E-state index in [0.29, 0.717) is 18.9 Å². The number of rotatable bonds is 7. The number of ether oxygens (including phenoxy) is 1. The molecule has 0 bridgehead atoms. The maximum absolute atomic E-state index is 12.6. The molecule has 3 rings (SSSR count). The molecule has 1 atom stereocenters. The zero-order valence-electron chi connectivity index (χ0n) is 15.6. The zero-order chi connectivity index (χ0) is 18.5. The Morgan fingerprint density at radius 2 is 1.81 bits per heavy atom. The standard InChI is InChI=1S/C22H26N2O2/c1-15(2)13-24-22(25)12-18(17-9-5-7-11-21(17)26-3)19-14-23-20-10-6-4-8-16(19)20/h4-11,14-15,18,23H,12-13H2,1-3H3,(H,24,25)/t18-/m1/s1. The van der Waals surface area contributed by atoms with E-state index in [-0.39, 0.29) is 11.8 Å². The number of para-hydroxylation sites is 2. The molecule has 3 aromatic rings. The minimum absolute atomic E-state index is 0.0555. The number of hydrogen-bond donors (Lipinski definition) is 2. The predicted octanol–water partition coefficient (Wildman–Crippen LogP) is 4.47. The highest BCUT2D eigenvalue weighted by Gasteiger charge is 2.24. The van der Waals surface area contributed by atoms with Gasteiger partial charge < -0.3 is 15.0 Å². The average Bonchev–Trinajstić information content (AvgIpc) is 3.08. The summed E-state index contributed by atoms with van der Waals surface area (Å²) in [6.45, 7) is 4.88. The van der Waals surface area contributed by atoms with Gasteiger partial charge in [0.05, 0.1) is 7.11 Å². The normalized spacial score (nSPS) is 12.3. The molecule has 1 heterocycles. The summed E-state index contributed by atoms with van der Waals surface area (Å²) >= 11 is 0. The van der Waals surface area contributed by atoms with Gasteiger partial charge in [-0.05, 0) is 23.6 Å². The number of carbonyl (C=O) groups excluding carboxylic acids is 1. The van der Waals surface area contributed by atoms with Gasteiger partial charge in [0.2, 0.25) is 5.91 Å². The highest BCUT2D eigenvalue weighted by Crippen LogP contribution is 2.37. The van der Waals surface area contributed by atoms with Crippen molar-refractivity contribution in [2.45, 2.75) is 26.2 Å². The molecule has 0 radical (unpaired) electrons. The SMILES string of the molecule is COc1ccccc1[C@@H](CC(=O)NCC(C)C)c1c[nH]c2ccccc12. The fourth-order valence-electron chi connectivity index (χ4n) is 3.30. The first-order chi connectivity index (χ1) is 12.6. The number of amides is 1. The molecule has 0 fully saturated rings.